The zero-order chi connectivity index (χ0) is 12.8. The summed E-state index contributed by atoms with van der Waals surface area (Å²) in [5.74, 6) is 0. The summed E-state index contributed by atoms with van der Waals surface area (Å²) in [6, 6.07) is 8.26. The van der Waals surface area contributed by atoms with Crippen LogP contribution in [0.5, 0.6) is 0 Å². The molecule has 2 aromatic heterocycles. The van der Waals surface area contributed by atoms with E-state index in [0.717, 1.165) is 35.8 Å². The fourth-order valence-corrected chi connectivity index (χ4v) is 2.85. The summed E-state index contributed by atoms with van der Waals surface area (Å²) in [4.78, 5) is 19.5. The van der Waals surface area contributed by atoms with E-state index in [1.165, 1.54) is 0 Å². The number of aromatic amines is 1. The van der Waals surface area contributed by atoms with E-state index in [0.29, 0.717) is 5.65 Å². The van der Waals surface area contributed by atoms with Gasteiger partial charge in [-0.25, -0.2) is 4.79 Å². The zero-order valence-electron chi connectivity index (χ0n) is 10.4. The molecule has 4 rings (SSSR count). The molecule has 1 saturated heterocycles. The third kappa shape index (κ3) is 1.58. The number of para-hydroxylation sites is 1. The molecule has 0 aliphatic carbocycles. The van der Waals surface area contributed by atoms with Crippen LogP contribution < -0.4 is 11.0 Å². The van der Waals surface area contributed by atoms with E-state index in [2.05, 4.69) is 21.4 Å². The predicted molar refractivity (Wildman–Crippen MR) is 74.4 cm³/mol. The minimum absolute atomic E-state index is 0.173. The number of aromatic nitrogens is 3. The van der Waals surface area contributed by atoms with E-state index in [9.17, 15) is 4.79 Å². The first-order valence-corrected chi connectivity index (χ1v) is 6.53. The standard InChI is InChI=1S/C14H14N4O/c19-14-17-13-11(8-18(14)9-5-6-15-7-9)10-3-1-2-4-12(10)16-13/h1-4,8-9,15H,5-7H2,(H,16,17,19)/t9-/m0/s1. The molecular weight excluding hydrogens is 240 g/mol. The Hall–Kier alpha value is -2.14. The molecular formula is C14H14N4O. The molecule has 2 N–H and O–H groups in total. The highest BCUT2D eigenvalue weighted by Crippen LogP contribution is 2.23. The molecule has 0 spiro atoms. The maximum Gasteiger partial charge on any atom is 0.349 e. The molecule has 1 aliphatic rings. The SMILES string of the molecule is O=c1nc2[nH]c3ccccc3c2cn1[C@H]1CCNC1. The summed E-state index contributed by atoms with van der Waals surface area (Å²) >= 11 is 0. The summed E-state index contributed by atoms with van der Waals surface area (Å²) in [6.07, 6.45) is 2.93. The average Bonchev–Trinajstić information content (AvgIpc) is 3.04. The lowest BCUT2D eigenvalue weighted by Gasteiger charge is -2.11. The summed E-state index contributed by atoms with van der Waals surface area (Å²) in [5.41, 5.74) is 1.52. The largest absolute Gasteiger partial charge is 0.349 e. The quantitative estimate of drug-likeness (QED) is 0.690. The molecule has 1 aromatic carbocycles. The van der Waals surface area contributed by atoms with Crippen molar-refractivity contribution in [2.24, 2.45) is 0 Å². The van der Waals surface area contributed by atoms with Crippen molar-refractivity contribution < 1.29 is 0 Å². The molecule has 3 aromatic rings. The Bertz CT molecular complexity index is 811. The average molecular weight is 254 g/mol. The smallest absolute Gasteiger partial charge is 0.339 e. The highest BCUT2D eigenvalue weighted by Gasteiger charge is 2.19. The van der Waals surface area contributed by atoms with E-state index in [-0.39, 0.29) is 11.7 Å². The fraction of sp³-hybridized carbons (Fsp3) is 0.286. The lowest BCUT2D eigenvalue weighted by Crippen LogP contribution is -2.27. The zero-order valence-corrected chi connectivity index (χ0v) is 10.4. The fourth-order valence-electron chi connectivity index (χ4n) is 2.85. The number of hydrogen-bond donors (Lipinski definition) is 2. The maximum absolute atomic E-state index is 12.1. The van der Waals surface area contributed by atoms with Crippen LogP contribution in [0.25, 0.3) is 21.9 Å². The van der Waals surface area contributed by atoms with Crippen molar-refractivity contribution in [3.05, 3.63) is 40.9 Å². The van der Waals surface area contributed by atoms with Crippen molar-refractivity contribution in [1.82, 2.24) is 19.9 Å². The minimum Gasteiger partial charge on any atom is -0.339 e. The number of nitrogens with one attached hydrogen (secondary N) is 2. The van der Waals surface area contributed by atoms with Gasteiger partial charge in [-0.05, 0) is 19.0 Å². The van der Waals surface area contributed by atoms with Gasteiger partial charge in [-0.3, -0.25) is 4.57 Å². The highest BCUT2D eigenvalue weighted by atomic mass is 16.1. The van der Waals surface area contributed by atoms with Gasteiger partial charge >= 0.3 is 5.69 Å². The van der Waals surface area contributed by atoms with Crippen LogP contribution in [0.3, 0.4) is 0 Å². The maximum atomic E-state index is 12.1. The molecule has 3 heterocycles. The van der Waals surface area contributed by atoms with Gasteiger partial charge < -0.3 is 10.3 Å². The van der Waals surface area contributed by atoms with Crippen LogP contribution in [0.4, 0.5) is 0 Å². The molecule has 5 heteroatoms. The van der Waals surface area contributed by atoms with Crippen molar-refractivity contribution in [2.45, 2.75) is 12.5 Å². The first-order chi connectivity index (χ1) is 9.33. The van der Waals surface area contributed by atoms with E-state index in [1.54, 1.807) is 4.57 Å². The molecule has 0 bridgehead atoms. The van der Waals surface area contributed by atoms with Crippen LogP contribution >= 0.6 is 0 Å². The van der Waals surface area contributed by atoms with E-state index >= 15 is 0 Å². The minimum atomic E-state index is -0.173. The normalized spacial score (nSPS) is 19.5. The monoisotopic (exact) mass is 254 g/mol. The number of rotatable bonds is 1. The molecule has 0 amide bonds. The Balaban J connectivity index is 2.02. The number of hydrogen-bond acceptors (Lipinski definition) is 3. The van der Waals surface area contributed by atoms with Crippen LogP contribution in [0.1, 0.15) is 12.5 Å². The molecule has 0 unspecified atom stereocenters. The van der Waals surface area contributed by atoms with Crippen molar-refractivity contribution in [3.8, 4) is 0 Å². The summed E-state index contributed by atoms with van der Waals surface area (Å²) < 4.78 is 1.77. The lowest BCUT2D eigenvalue weighted by molar-refractivity contribution is 0.522. The van der Waals surface area contributed by atoms with Gasteiger partial charge in [0.15, 0.2) is 0 Å². The van der Waals surface area contributed by atoms with Crippen LogP contribution in [0.2, 0.25) is 0 Å². The van der Waals surface area contributed by atoms with Gasteiger partial charge in [-0.1, -0.05) is 18.2 Å². The number of H-pyrrole nitrogens is 1. The van der Waals surface area contributed by atoms with Crippen LogP contribution in [-0.2, 0) is 0 Å². The van der Waals surface area contributed by atoms with Crippen molar-refractivity contribution in [1.29, 1.82) is 0 Å². The third-order valence-electron chi connectivity index (χ3n) is 3.85. The second kappa shape index (κ2) is 3.93. The number of fused-ring (bicyclic) bond motifs is 3. The Labute approximate surface area is 109 Å². The molecule has 1 aliphatic heterocycles. The summed E-state index contributed by atoms with van der Waals surface area (Å²) in [5, 5.41) is 5.41. The van der Waals surface area contributed by atoms with Crippen molar-refractivity contribution >= 4 is 21.9 Å². The van der Waals surface area contributed by atoms with Gasteiger partial charge in [-0.2, -0.15) is 4.98 Å². The topological polar surface area (TPSA) is 62.7 Å². The number of benzene rings is 1. The van der Waals surface area contributed by atoms with Gasteiger partial charge in [-0.15, -0.1) is 0 Å². The second-order valence-electron chi connectivity index (χ2n) is 5.01. The molecule has 19 heavy (non-hydrogen) atoms. The lowest BCUT2D eigenvalue weighted by atomic mass is 10.2. The molecule has 1 atom stereocenters. The Morgan fingerprint density at radius 2 is 2.16 bits per heavy atom. The molecule has 1 fully saturated rings. The summed E-state index contributed by atoms with van der Waals surface area (Å²) in [7, 11) is 0. The molecule has 96 valence electrons. The van der Waals surface area contributed by atoms with Gasteiger partial charge in [0.25, 0.3) is 0 Å². The summed E-state index contributed by atoms with van der Waals surface area (Å²) in [6.45, 7) is 1.80. The third-order valence-corrected chi connectivity index (χ3v) is 3.85. The van der Waals surface area contributed by atoms with E-state index in [1.807, 2.05) is 24.4 Å². The van der Waals surface area contributed by atoms with Crippen molar-refractivity contribution in [3.63, 3.8) is 0 Å². The second-order valence-corrected chi connectivity index (χ2v) is 5.01. The highest BCUT2D eigenvalue weighted by molar-refractivity contribution is 6.05. The Morgan fingerprint density at radius 1 is 1.26 bits per heavy atom. The molecule has 5 nitrogen and oxygen atoms in total. The van der Waals surface area contributed by atoms with Gasteiger partial charge in [0, 0.05) is 29.0 Å². The van der Waals surface area contributed by atoms with Crippen LogP contribution in [0, 0.1) is 0 Å². The molecule has 0 radical (unpaired) electrons. The van der Waals surface area contributed by atoms with Gasteiger partial charge in [0.05, 0.1) is 6.04 Å². The van der Waals surface area contributed by atoms with Crippen LogP contribution in [0.15, 0.2) is 35.3 Å². The molecule has 0 saturated carbocycles. The van der Waals surface area contributed by atoms with Gasteiger partial charge in [0.1, 0.15) is 5.65 Å². The van der Waals surface area contributed by atoms with Gasteiger partial charge in [0.2, 0.25) is 0 Å². The first kappa shape index (κ1) is 10.8. The predicted octanol–water partition coefficient (Wildman–Crippen LogP) is 1.41. The van der Waals surface area contributed by atoms with E-state index in [4.69, 9.17) is 0 Å². The Morgan fingerprint density at radius 3 is 3.00 bits per heavy atom. The van der Waals surface area contributed by atoms with Crippen LogP contribution in [-0.4, -0.2) is 27.6 Å². The Kier molecular flexibility index (Phi) is 2.22. The number of nitrogens with zero attached hydrogens (tertiary/aromatic N) is 2. The van der Waals surface area contributed by atoms with Crippen molar-refractivity contribution in [2.75, 3.05) is 13.1 Å². The first-order valence-electron chi connectivity index (χ1n) is 6.53. The van der Waals surface area contributed by atoms with E-state index < -0.39 is 0 Å².